The summed E-state index contributed by atoms with van der Waals surface area (Å²) in [4.78, 5) is 13.6. The Morgan fingerprint density at radius 1 is 0.943 bits per heavy atom. The van der Waals surface area contributed by atoms with Crippen LogP contribution in [0.1, 0.15) is 63.0 Å². The largest absolute Gasteiger partial charge is 0.419 e. The van der Waals surface area contributed by atoms with Crippen LogP contribution in [0.2, 0.25) is 0 Å². The average Bonchev–Trinajstić information content (AvgIpc) is 3.35. The Kier molecular flexibility index (Phi) is 6.28. The van der Waals surface area contributed by atoms with E-state index in [0.717, 1.165) is 56.0 Å². The highest BCUT2D eigenvalue weighted by Gasteiger charge is 2.26. The molecule has 2 atom stereocenters. The molecule has 2 aliphatic heterocycles. The van der Waals surface area contributed by atoms with Gasteiger partial charge in [0.1, 0.15) is 11.5 Å². The first-order valence-corrected chi connectivity index (χ1v) is 13.0. The highest BCUT2D eigenvalue weighted by molar-refractivity contribution is 5.50. The molecule has 35 heavy (non-hydrogen) atoms. The minimum Gasteiger partial charge on any atom is -0.419 e. The maximum Gasteiger partial charge on any atom is 0.268 e. The van der Waals surface area contributed by atoms with Crippen molar-refractivity contribution >= 4 is 11.6 Å². The first kappa shape index (κ1) is 22.3. The third-order valence-electron chi connectivity index (χ3n) is 7.33. The van der Waals surface area contributed by atoms with Gasteiger partial charge in [-0.25, -0.2) is 4.98 Å². The lowest BCUT2D eigenvalue weighted by Crippen LogP contribution is -2.46. The molecule has 3 aromatic rings. The minimum atomic E-state index is -0.165. The van der Waals surface area contributed by atoms with Gasteiger partial charge in [0.15, 0.2) is 5.82 Å². The Morgan fingerprint density at radius 3 is 2.60 bits per heavy atom. The van der Waals surface area contributed by atoms with Gasteiger partial charge >= 0.3 is 0 Å². The summed E-state index contributed by atoms with van der Waals surface area (Å²) >= 11 is 0. The molecule has 0 amide bonds. The molecule has 3 fully saturated rings. The molecule has 184 valence electrons. The van der Waals surface area contributed by atoms with Crippen molar-refractivity contribution in [3.8, 4) is 11.6 Å². The Balaban J connectivity index is 1.11. The number of anilines is 2. The first-order chi connectivity index (χ1) is 17.2. The van der Waals surface area contributed by atoms with Crippen LogP contribution in [0.5, 0.6) is 0 Å². The van der Waals surface area contributed by atoms with Gasteiger partial charge in [-0.2, -0.15) is 5.10 Å². The molecule has 0 radical (unpaired) electrons. The van der Waals surface area contributed by atoms with E-state index < -0.39 is 0 Å². The second-order valence-corrected chi connectivity index (χ2v) is 10.1. The molecule has 3 aromatic heterocycles. The third-order valence-corrected chi connectivity index (χ3v) is 7.33. The summed E-state index contributed by atoms with van der Waals surface area (Å²) in [5.41, 5.74) is 1.40. The van der Waals surface area contributed by atoms with Crippen LogP contribution >= 0.6 is 0 Å². The molecule has 2 unspecified atom stereocenters. The molecular weight excluding hydrogens is 442 g/mol. The van der Waals surface area contributed by atoms with Crippen LogP contribution in [0.3, 0.4) is 0 Å². The van der Waals surface area contributed by atoms with Gasteiger partial charge in [-0.15, -0.1) is 15.3 Å². The Labute approximate surface area is 205 Å². The average molecular weight is 476 g/mol. The molecule has 5 heterocycles. The maximum absolute atomic E-state index is 5.99. The number of nitrogens with one attached hydrogen (secondary N) is 1. The van der Waals surface area contributed by atoms with E-state index in [0.29, 0.717) is 23.5 Å². The normalized spacial score (nSPS) is 21.5. The minimum absolute atomic E-state index is 0.165. The van der Waals surface area contributed by atoms with Gasteiger partial charge < -0.3 is 19.5 Å². The zero-order chi connectivity index (χ0) is 23.6. The van der Waals surface area contributed by atoms with Crippen molar-refractivity contribution in [1.82, 2.24) is 35.7 Å². The number of hydrogen-bond acceptors (Lipinski definition) is 10. The lowest BCUT2D eigenvalue weighted by atomic mass is 10.1. The second kappa shape index (κ2) is 9.85. The van der Waals surface area contributed by atoms with Gasteiger partial charge in [-0.05, 0) is 70.0 Å². The van der Waals surface area contributed by atoms with Crippen molar-refractivity contribution in [2.45, 2.75) is 57.4 Å². The smallest absolute Gasteiger partial charge is 0.268 e. The maximum atomic E-state index is 5.99. The van der Waals surface area contributed by atoms with Crippen LogP contribution in [0.25, 0.3) is 11.6 Å². The topological polar surface area (TPSA) is 109 Å². The van der Waals surface area contributed by atoms with E-state index in [9.17, 15) is 0 Å². The molecule has 10 heteroatoms. The monoisotopic (exact) mass is 475 g/mol. The van der Waals surface area contributed by atoms with E-state index in [-0.39, 0.29) is 5.92 Å². The van der Waals surface area contributed by atoms with Crippen molar-refractivity contribution in [3.05, 3.63) is 36.1 Å². The predicted molar refractivity (Wildman–Crippen MR) is 132 cm³/mol. The molecule has 3 aliphatic rings. The third kappa shape index (κ3) is 5.12. The molecule has 2 saturated heterocycles. The number of hydrogen-bond donors (Lipinski definition) is 1. The molecule has 10 nitrogen and oxygen atoms in total. The number of rotatable bonds is 8. The lowest BCUT2D eigenvalue weighted by Gasteiger charge is -2.34. The van der Waals surface area contributed by atoms with Crippen LogP contribution in [-0.2, 0) is 0 Å². The Morgan fingerprint density at radius 2 is 1.80 bits per heavy atom. The molecule has 0 spiro atoms. The van der Waals surface area contributed by atoms with E-state index in [1.54, 1.807) is 12.4 Å². The van der Waals surface area contributed by atoms with E-state index in [1.807, 2.05) is 13.0 Å². The van der Waals surface area contributed by atoms with Crippen LogP contribution in [-0.4, -0.2) is 69.1 Å². The van der Waals surface area contributed by atoms with Crippen molar-refractivity contribution in [3.63, 3.8) is 0 Å². The molecule has 1 saturated carbocycles. The summed E-state index contributed by atoms with van der Waals surface area (Å²) in [6.07, 6.45) is 11.0. The first-order valence-electron chi connectivity index (χ1n) is 13.0. The van der Waals surface area contributed by atoms with E-state index >= 15 is 0 Å². The number of aromatic nitrogens is 6. The van der Waals surface area contributed by atoms with Gasteiger partial charge in [0.05, 0.1) is 24.0 Å². The number of nitrogens with zero attached hydrogens (tertiary/aromatic N) is 8. The number of piperidine rings is 1. The van der Waals surface area contributed by atoms with Gasteiger partial charge in [0, 0.05) is 32.2 Å². The van der Waals surface area contributed by atoms with Crippen molar-refractivity contribution in [2.24, 2.45) is 5.92 Å². The van der Waals surface area contributed by atoms with E-state index in [2.05, 4.69) is 46.6 Å². The van der Waals surface area contributed by atoms with Gasteiger partial charge in [-0.3, -0.25) is 4.98 Å². The highest BCUT2D eigenvalue weighted by atomic mass is 16.4. The fraction of sp³-hybridized carbons (Fsp3) is 0.600. The summed E-state index contributed by atoms with van der Waals surface area (Å²) in [7, 11) is 0. The summed E-state index contributed by atoms with van der Waals surface area (Å²) in [5, 5.41) is 21.3. The fourth-order valence-electron chi connectivity index (χ4n) is 4.94. The summed E-state index contributed by atoms with van der Waals surface area (Å²) < 4.78 is 5.99. The van der Waals surface area contributed by atoms with E-state index in [1.165, 1.54) is 38.5 Å². The van der Waals surface area contributed by atoms with Gasteiger partial charge in [-0.1, -0.05) is 0 Å². The Hall–Kier alpha value is -3.14. The molecule has 0 bridgehead atoms. The zero-order valence-electron chi connectivity index (χ0n) is 20.3. The van der Waals surface area contributed by atoms with Crippen LogP contribution < -0.4 is 15.1 Å². The second-order valence-electron chi connectivity index (χ2n) is 10.1. The zero-order valence-corrected chi connectivity index (χ0v) is 20.3. The summed E-state index contributed by atoms with van der Waals surface area (Å²) in [6.45, 7) is 7.19. The standard InChI is InChI=1S/C25H33N9O/c1-17(24-31-32-25(35-24)21-14-26-15-23(28-21)33-10-2-3-11-33)20-8-9-22(30-29-20)34-12-4-5-19(16-34)27-13-18-6-7-18/h8-9,14-15,17-19,27H,2-7,10-13,16H2,1H3. The van der Waals surface area contributed by atoms with Gasteiger partial charge in [0.25, 0.3) is 5.89 Å². The SMILES string of the molecule is CC(c1ccc(N2CCCC(NCC3CC3)C2)nn1)c1nnc(-c2cncc(N3CCCC3)n2)o1. The van der Waals surface area contributed by atoms with Crippen LogP contribution in [0, 0.1) is 5.92 Å². The molecule has 1 aliphatic carbocycles. The molecular formula is C25H33N9O. The summed E-state index contributed by atoms with van der Waals surface area (Å²) in [5.74, 6) is 3.40. The van der Waals surface area contributed by atoms with Crippen molar-refractivity contribution < 1.29 is 4.42 Å². The van der Waals surface area contributed by atoms with Crippen LogP contribution in [0.4, 0.5) is 11.6 Å². The summed E-state index contributed by atoms with van der Waals surface area (Å²) in [6, 6.07) is 4.62. The van der Waals surface area contributed by atoms with E-state index in [4.69, 9.17) is 9.40 Å². The molecule has 6 rings (SSSR count). The predicted octanol–water partition coefficient (Wildman–Crippen LogP) is 3.04. The molecule has 1 N–H and O–H groups in total. The van der Waals surface area contributed by atoms with Crippen LogP contribution in [0.15, 0.2) is 28.9 Å². The van der Waals surface area contributed by atoms with Crippen molar-refractivity contribution in [1.29, 1.82) is 0 Å². The fourth-order valence-corrected chi connectivity index (χ4v) is 4.94. The lowest BCUT2D eigenvalue weighted by molar-refractivity contribution is 0.414. The van der Waals surface area contributed by atoms with Gasteiger partial charge in [0.2, 0.25) is 5.89 Å². The molecule has 0 aromatic carbocycles. The highest BCUT2D eigenvalue weighted by Crippen LogP contribution is 2.29. The Bertz CT molecular complexity index is 1120. The quantitative estimate of drug-likeness (QED) is 0.522. The van der Waals surface area contributed by atoms with Crippen molar-refractivity contribution in [2.75, 3.05) is 42.5 Å².